The summed E-state index contributed by atoms with van der Waals surface area (Å²) in [5.41, 5.74) is 1.23. The van der Waals surface area contributed by atoms with Gasteiger partial charge in [-0.3, -0.25) is 0 Å². The van der Waals surface area contributed by atoms with Gasteiger partial charge < -0.3 is 4.74 Å². The van der Waals surface area contributed by atoms with Crippen molar-refractivity contribution in [1.82, 2.24) is 0 Å². The van der Waals surface area contributed by atoms with Gasteiger partial charge >= 0.3 is 0 Å². The zero-order valence-corrected chi connectivity index (χ0v) is 11.1. The van der Waals surface area contributed by atoms with Gasteiger partial charge in [0.2, 0.25) is 0 Å². The molecular weight excluding hydrogens is 307 g/mol. The number of benzene rings is 1. The fourth-order valence-corrected chi connectivity index (χ4v) is 3.62. The van der Waals surface area contributed by atoms with Crippen LogP contribution in [0.2, 0.25) is 0 Å². The van der Waals surface area contributed by atoms with E-state index in [1.54, 1.807) is 11.3 Å². The number of thiophene rings is 1. The molecule has 0 saturated carbocycles. The van der Waals surface area contributed by atoms with Crippen molar-refractivity contribution < 1.29 is 4.74 Å². The Kier molecular flexibility index (Phi) is 2.97. The number of rotatable bonds is 2. The first kappa shape index (κ1) is 10.2. The van der Waals surface area contributed by atoms with E-state index in [4.69, 9.17) is 4.74 Å². The van der Waals surface area contributed by atoms with Crippen LogP contribution in [0.3, 0.4) is 0 Å². The Morgan fingerprint density at radius 1 is 1.50 bits per heavy atom. The molecule has 1 nitrogen and oxygen atoms in total. The first-order valence-electron chi connectivity index (χ1n) is 4.53. The lowest BCUT2D eigenvalue weighted by Crippen LogP contribution is -1.96. The van der Waals surface area contributed by atoms with Crippen LogP contribution in [0.15, 0.2) is 17.5 Å². The Labute approximate surface area is 101 Å². The Morgan fingerprint density at radius 2 is 2.29 bits per heavy atom. The molecule has 0 N–H and O–H groups in total. The summed E-state index contributed by atoms with van der Waals surface area (Å²) in [4.78, 5) is 0. The van der Waals surface area contributed by atoms with Crippen LogP contribution in [-0.4, -0.2) is 6.61 Å². The van der Waals surface area contributed by atoms with Crippen molar-refractivity contribution in [3.05, 3.63) is 26.6 Å². The monoisotopic (exact) mass is 318 g/mol. The van der Waals surface area contributed by atoms with Crippen molar-refractivity contribution in [3.8, 4) is 5.75 Å². The van der Waals surface area contributed by atoms with Gasteiger partial charge in [0, 0.05) is 10.1 Å². The van der Waals surface area contributed by atoms with Crippen LogP contribution in [0.1, 0.15) is 12.5 Å². The number of aryl methyl sites for hydroxylation is 1. The standard InChI is InChI=1S/C11H11IOS/c1-3-13-11-7(2)6-9-8(10(11)12)4-5-14-9/h4-6H,3H2,1-2H3. The van der Waals surface area contributed by atoms with Crippen molar-refractivity contribution >= 4 is 44.0 Å². The summed E-state index contributed by atoms with van der Waals surface area (Å²) in [7, 11) is 0. The zero-order chi connectivity index (χ0) is 10.1. The maximum atomic E-state index is 5.64. The van der Waals surface area contributed by atoms with E-state index in [9.17, 15) is 0 Å². The van der Waals surface area contributed by atoms with E-state index >= 15 is 0 Å². The molecule has 2 aromatic rings. The van der Waals surface area contributed by atoms with Crippen LogP contribution >= 0.6 is 33.9 Å². The number of ether oxygens (including phenoxy) is 1. The van der Waals surface area contributed by atoms with Crippen molar-refractivity contribution in [1.29, 1.82) is 0 Å². The van der Waals surface area contributed by atoms with Crippen LogP contribution in [0.5, 0.6) is 5.75 Å². The maximum Gasteiger partial charge on any atom is 0.136 e. The highest BCUT2D eigenvalue weighted by Crippen LogP contribution is 2.35. The summed E-state index contributed by atoms with van der Waals surface area (Å²) >= 11 is 4.15. The van der Waals surface area contributed by atoms with Gasteiger partial charge in [0.05, 0.1) is 10.2 Å². The molecule has 0 fully saturated rings. The highest BCUT2D eigenvalue weighted by atomic mass is 127. The Morgan fingerprint density at radius 3 is 3.00 bits per heavy atom. The van der Waals surface area contributed by atoms with E-state index in [1.807, 2.05) is 6.92 Å². The van der Waals surface area contributed by atoms with E-state index in [1.165, 1.54) is 19.2 Å². The predicted octanol–water partition coefficient (Wildman–Crippen LogP) is 4.21. The van der Waals surface area contributed by atoms with Crippen molar-refractivity contribution in [2.45, 2.75) is 13.8 Å². The molecular formula is C11H11IOS. The summed E-state index contributed by atoms with van der Waals surface area (Å²) in [6.07, 6.45) is 0. The second-order valence-corrected chi connectivity index (χ2v) is 5.13. The fourth-order valence-electron chi connectivity index (χ4n) is 1.49. The molecule has 0 unspecified atom stereocenters. The second-order valence-electron chi connectivity index (χ2n) is 3.10. The average molecular weight is 318 g/mol. The topological polar surface area (TPSA) is 9.23 Å². The summed E-state index contributed by atoms with van der Waals surface area (Å²) in [5, 5.41) is 3.44. The van der Waals surface area contributed by atoms with Crippen LogP contribution in [0.25, 0.3) is 10.1 Å². The van der Waals surface area contributed by atoms with Crippen LogP contribution in [0, 0.1) is 10.5 Å². The SMILES string of the molecule is CCOc1c(C)cc2sccc2c1I. The second kappa shape index (κ2) is 4.06. The third-order valence-corrected chi connectivity index (χ3v) is 4.06. The van der Waals surface area contributed by atoms with Gasteiger partial charge in [-0.1, -0.05) is 0 Å². The minimum Gasteiger partial charge on any atom is -0.492 e. The minimum atomic E-state index is 0.729. The van der Waals surface area contributed by atoms with E-state index in [2.05, 4.69) is 47.0 Å². The molecule has 0 aliphatic rings. The highest BCUT2D eigenvalue weighted by molar-refractivity contribution is 14.1. The summed E-state index contributed by atoms with van der Waals surface area (Å²) in [6.45, 7) is 4.85. The predicted molar refractivity (Wildman–Crippen MR) is 70.4 cm³/mol. The molecule has 0 spiro atoms. The Balaban J connectivity index is 2.69. The van der Waals surface area contributed by atoms with Crippen LogP contribution < -0.4 is 4.74 Å². The van der Waals surface area contributed by atoms with Crippen LogP contribution in [-0.2, 0) is 0 Å². The maximum absolute atomic E-state index is 5.64. The molecule has 0 aliphatic carbocycles. The quantitative estimate of drug-likeness (QED) is 0.754. The molecule has 0 saturated heterocycles. The largest absolute Gasteiger partial charge is 0.492 e. The molecule has 0 amide bonds. The molecule has 1 aromatic heterocycles. The fraction of sp³-hybridized carbons (Fsp3) is 0.273. The van der Waals surface area contributed by atoms with Crippen molar-refractivity contribution in [2.24, 2.45) is 0 Å². The lowest BCUT2D eigenvalue weighted by molar-refractivity contribution is 0.336. The van der Waals surface area contributed by atoms with Gasteiger partial charge in [0.25, 0.3) is 0 Å². The number of hydrogen-bond donors (Lipinski definition) is 0. The van der Waals surface area contributed by atoms with Gasteiger partial charge in [-0.05, 0) is 59.5 Å². The third kappa shape index (κ3) is 1.63. The Hall–Kier alpha value is -0.290. The first-order chi connectivity index (χ1) is 6.74. The highest BCUT2D eigenvalue weighted by Gasteiger charge is 2.10. The van der Waals surface area contributed by atoms with Gasteiger partial charge in [-0.2, -0.15) is 0 Å². The van der Waals surface area contributed by atoms with Gasteiger partial charge in [-0.25, -0.2) is 0 Å². The molecule has 2 rings (SSSR count). The molecule has 3 heteroatoms. The molecule has 0 atom stereocenters. The average Bonchev–Trinajstić information content (AvgIpc) is 2.60. The van der Waals surface area contributed by atoms with E-state index in [0.717, 1.165) is 12.4 Å². The normalized spacial score (nSPS) is 10.8. The van der Waals surface area contributed by atoms with Gasteiger partial charge in [0.1, 0.15) is 5.75 Å². The Bertz CT molecular complexity index is 462. The third-order valence-electron chi connectivity index (χ3n) is 2.13. The molecule has 1 heterocycles. The van der Waals surface area contributed by atoms with Gasteiger partial charge in [-0.15, -0.1) is 11.3 Å². The van der Waals surface area contributed by atoms with Crippen molar-refractivity contribution in [2.75, 3.05) is 6.61 Å². The number of fused-ring (bicyclic) bond motifs is 1. The number of halogens is 1. The smallest absolute Gasteiger partial charge is 0.136 e. The van der Waals surface area contributed by atoms with E-state index in [0.29, 0.717) is 0 Å². The van der Waals surface area contributed by atoms with E-state index in [-0.39, 0.29) is 0 Å². The molecule has 1 aromatic carbocycles. The summed E-state index contributed by atoms with van der Waals surface area (Å²) in [5.74, 6) is 1.04. The molecule has 0 bridgehead atoms. The van der Waals surface area contributed by atoms with Crippen LogP contribution in [0.4, 0.5) is 0 Å². The lowest BCUT2D eigenvalue weighted by Gasteiger charge is -2.10. The zero-order valence-electron chi connectivity index (χ0n) is 8.13. The lowest BCUT2D eigenvalue weighted by atomic mass is 10.2. The van der Waals surface area contributed by atoms with E-state index < -0.39 is 0 Å². The summed E-state index contributed by atoms with van der Waals surface area (Å²) in [6, 6.07) is 4.36. The minimum absolute atomic E-state index is 0.729. The molecule has 0 radical (unpaired) electrons. The molecule has 0 aliphatic heterocycles. The number of hydrogen-bond acceptors (Lipinski definition) is 2. The summed E-state index contributed by atoms with van der Waals surface area (Å²) < 4.78 is 8.22. The van der Waals surface area contributed by atoms with Gasteiger partial charge in [0.15, 0.2) is 0 Å². The molecule has 14 heavy (non-hydrogen) atoms. The molecule has 74 valence electrons. The first-order valence-corrected chi connectivity index (χ1v) is 6.49. The van der Waals surface area contributed by atoms with Crippen molar-refractivity contribution in [3.63, 3.8) is 0 Å².